The minimum Gasteiger partial charge on any atom is -0.379 e. The van der Waals surface area contributed by atoms with E-state index in [1.165, 1.54) is 0 Å². The Morgan fingerprint density at radius 2 is 2.09 bits per heavy atom. The second-order valence-electron chi connectivity index (χ2n) is 6.30. The first kappa shape index (κ1) is 15.5. The maximum absolute atomic E-state index is 11.6. The van der Waals surface area contributed by atoms with Gasteiger partial charge in [0.15, 0.2) is 0 Å². The average Bonchev–Trinajstić information content (AvgIpc) is 2.92. The Labute approximate surface area is 136 Å². The van der Waals surface area contributed by atoms with Crippen molar-refractivity contribution >= 4 is 12.3 Å². The summed E-state index contributed by atoms with van der Waals surface area (Å²) in [6, 6.07) is 11.9. The van der Waals surface area contributed by atoms with Crippen LogP contribution in [0, 0.1) is 11.3 Å². The van der Waals surface area contributed by atoms with Crippen molar-refractivity contribution in [1.29, 1.82) is 5.26 Å². The molecule has 1 aromatic carbocycles. The van der Waals surface area contributed by atoms with E-state index in [2.05, 4.69) is 11.0 Å². The van der Waals surface area contributed by atoms with Gasteiger partial charge in [-0.15, -0.1) is 0 Å². The number of nitrogens with zero attached hydrogens (tertiary/aromatic N) is 3. The zero-order valence-electron chi connectivity index (χ0n) is 13.5. The molecule has 1 aromatic heterocycles. The van der Waals surface area contributed by atoms with Crippen LogP contribution in [-0.2, 0) is 5.60 Å². The Hall–Kier alpha value is -2.35. The number of rotatable bonds is 4. The van der Waals surface area contributed by atoms with Gasteiger partial charge in [-0.25, -0.2) is 0 Å². The van der Waals surface area contributed by atoms with Crippen LogP contribution in [0.5, 0.6) is 0 Å². The van der Waals surface area contributed by atoms with Gasteiger partial charge in [-0.1, -0.05) is 24.3 Å². The number of aromatic nitrogens is 1. The predicted octanol–water partition coefficient (Wildman–Crippen LogP) is 2.88. The molecule has 2 heterocycles. The lowest BCUT2D eigenvalue weighted by molar-refractivity contribution is 0.0610. The average molecular weight is 307 g/mol. The lowest BCUT2D eigenvalue weighted by Gasteiger charge is -2.30. The fourth-order valence-electron chi connectivity index (χ4n) is 3.23. The van der Waals surface area contributed by atoms with E-state index in [9.17, 15) is 10.4 Å². The number of benzene rings is 1. The van der Waals surface area contributed by atoms with E-state index in [1.807, 2.05) is 55.2 Å². The number of hydrogen-bond acceptors (Lipinski definition) is 3. The molecule has 0 spiro atoms. The van der Waals surface area contributed by atoms with Crippen LogP contribution < -0.4 is 0 Å². The summed E-state index contributed by atoms with van der Waals surface area (Å²) >= 11 is 0. The van der Waals surface area contributed by atoms with Crippen LogP contribution >= 0.6 is 0 Å². The van der Waals surface area contributed by atoms with Gasteiger partial charge in [-0.05, 0) is 56.8 Å². The molecule has 0 fully saturated rings. The van der Waals surface area contributed by atoms with Gasteiger partial charge in [-0.3, -0.25) is 0 Å². The molecule has 0 bridgehead atoms. The standard InChI is InChI=1S/C19H21N3O/c1-21(2)10-5-9-19(23)17-7-4-3-6-16(17)8-11-22-14-15(13-20)12-18(19)22/h3-4,6-8,11-12,14,23H,5,9-10H2,1-2H3. The molecule has 0 radical (unpaired) electrons. The molecular weight excluding hydrogens is 286 g/mol. The van der Waals surface area contributed by atoms with Crippen molar-refractivity contribution in [2.24, 2.45) is 0 Å². The van der Waals surface area contributed by atoms with Gasteiger partial charge < -0.3 is 14.6 Å². The van der Waals surface area contributed by atoms with Crippen molar-refractivity contribution in [2.45, 2.75) is 18.4 Å². The lowest BCUT2D eigenvalue weighted by Crippen LogP contribution is -2.30. The van der Waals surface area contributed by atoms with Crippen LogP contribution in [0.3, 0.4) is 0 Å². The van der Waals surface area contributed by atoms with E-state index >= 15 is 0 Å². The summed E-state index contributed by atoms with van der Waals surface area (Å²) in [6.45, 7) is 0.906. The number of hydrogen-bond donors (Lipinski definition) is 1. The molecule has 0 amide bonds. The van der Waals surface area contributed by atoms with E-state index in [-0.39, 0.29) is 0 Å². The summed E-state index contributed by atoms with van der Waals surface area (Å²) in [4.78, 5) is 2.12. The second kappa shape index (κ2) is 6.04. The molecular formula is C19H21N3O. The Morgan fingerprint density at radius 3 is 2.83 bits per heavy atom. The summed E-state index contributed by atoms with van der Waals surface area (Å²) in [5, 5.41) is 20.8. The van der Waals surface area contributed by atoms with E-state index in [4.69, 9.17) is 0 Å². The zero-order chi connectivity index (χ0) is 16.4. The third kappa shape index (κ3) is 2.81. The Bertz CT molecular complexity index is 782. The highest BCUT2D eigenvalue weighted by Gasteiger charge is 2.36. The van der Waals surface area contributed by atoms with Crippen molar-refractivity contribution in [3.05, 3.63) is 58.9 Å². The molecule has 118 valence electrons. The molecule has 1 aliphatic rings. The monoisotopic (exact) mass is 307 g/mol. The smallest absolute Gasteiger partial charge is 0.130 e. The van der Waals surface area contributed by atoms with Crippen molar-refractivity contribution in [2.75, 3.05) is 20.6 Å². The Balaban J connectivity index is 2.10. The lowest BCUT2D eigenvalue weighted by atomic mass is 9.83. The normalized spacial score (nSPS) is 19.1. The first-order chi connectivity index (χ1) is 11.0. The van der Waals surface area contributed by atoms with Gasteiger partial charge in [0.1, 0.15) is 11.7 Å². The molecule has 1 atom stereocenters. The molecule has 4 nitrogen and oxygen atoms in total. The maximum atomic E-state index is 11.6. The topological polar surface area (TPSA) is 52.2 Å². The number of nitriles is 1. The number of fused-ring (bicyclic) bond motifs is 2. The molecule has 0 saturated heterocycles. The third-order valence-corrected chi connectivity index (χ3v) is 4.37. The van der Waals surface area contributed by atoms with E-state index in [0.29, 0.717) is 12.0 Å². The molecule has 1 unspecified atom stereocenters. The minimum atomic E-state index is -1.09. The highest BCUT2D eigenvalue weighted by Crippen LogP contribution is 2.39. The molecule has 1 N–H and O–H groups in total. The van der Waals surface area contributed by atoms with Crippen molar-refractivity contribution in [3.63, 3.8) is 0 Å². The van der Waals surface area contributed by atoms with E-state index in [1.54, 1.807) is 12.3 Å². The Morgan fingerprint density at radius 1 is 1.30 bits per heavy atom. The summed E-state index contributed by atoms with van der Waals surface area (Å²) in [6.07, 6.45) is 7.15. The van der Waals surface area contributed by atoms with Crippen molar-refractivity contribution in [3.8, 4) is 6.07 Å². The summed E-state index contributed by atoms with van der Waals surface area (Å²) in [5.74, 6) is 0. The molecule has 4 heteroatoms. The van der Waals surface area contributed by atoms with Gasteiger partial charge in [0.25, 0.3) is 0 Å². The van der Waals surface area contributed by atoms with Crippen LogP contribution in [0.25, 0.3) is 12.3 Å². The van der Waals surface area contributed by atoms with E-state index < -0.39 is 5.60 Å². The molecule has 23 heavy (non-hydrogen) atoms. The van der Waals surface area contributed by atoms with Gasteiger partial charge >= 0.3 is 0 Å². The predicted molar refractivity (Wildman–Crippen MR) is 91.6 cm³/mol. The quantitative estimate of drug-likeness (QED) is 0.945. The molecule has 0 aliphatic carbocycles. The summed E-state index contributed by atoms with van der Waals surface area (Å²) in [5.41, 5.74) is 2.15. The molecule has 3 rings (SSSR count). The van der Waals surface area contributed by atoms with Gasteiger partial charge in [0.2, 0.25) is 0 Å². The molecule has 0 saturated carbocycles. The van der Waals surface area contributed by atoms with E-state index in [0.717, 1.165) is 29.8 Å². The first-order valence-corrected chi connectivity index (χ1v) is 7.82. The van der Waals surface area contributed by atoms with Crippen LogP contribution in [-0.4, -0.2) is 35.2 Å². The van der Waals surface area contributed by atoms with Crippen LogP contribution in [0.4, 0.5) is 0 Å². The second-order valence-corrected chi connectivity index (χ2v) is 6.30. The molecule has 1 aliphatic heterocycles. The fraction of sp³-hybridized carbons (Fsp3) is 0.316. The first-order valence-electron chi connectivity index (χ1n) is 7.82. The fourth-order valence-corrected chi connectivity index (χ4v) is 3.23. The zero-order valence-corrected chi connectivity index (χ0v) is 13.5. The SMILES string of the molecule is CN(C)CCCC1(O)c2ccccc2C=Cn2cc(C#N)cc21. The van der Waals surface area contributed by atoms with Gasteiger partial charge in [0.05, 0.1) is 11.3 Å². The number of aliphatic hydroxyl groups is 1. The highest BCUT2D eigenvalue weighted by atomic mass is 16.3. The largest absolute Gasteiger partial charge is 0.379 e. The van der Waals surface area contributed by atoms with Gasteiger partial charge in [0, 0.05) is 12.4 Å². The minimum absolute atomic E-state index is 0.565. The van der Waals surface area contributed by atoms with Crippen LogP contribution in [0.2, 0.25) is 0 Å². The Kier molecular flexibility index (Phi) is 4.08. The highest BCUT2D eigenvalue weighted by molar-refractivity contribution is 5.68. The third-order valence-electron chi connectivity index (χ3n) is 4.37. The van der Waals surface area contributed by atoms with Crippen LogP contribution in [0.15, 0.2) is 36.5 Å². The van der Waals surface area contributed by atoms with Gasteiger partial charge in [-0.2, -0.15) is 5.26 Å². The van der Waals surface area contributed by atoms with Crippen LogP contribution in [0.1, 0.15) is 35.2 Å². The van der Waals surface area contributed by atoms with Crippen molar-refractivity contribution in [1.82, 2.24) is 9.47 Å². The summed E-state index contributed by atoms with van der Waals surface area (Å²) < 4.78 is 1.87. The maximum Gasteiger partial charge on any atom is 0.130 e. The molecule has 2 aromatic rings. The summed E-state index contributed by atoms with van der Waals surface area (Å²) in [7, 11) is 4.06. The van der Waals surface area contributed by atoms with Crippen molar-refractivity contribution < 1.29 is 5.11 Å².